The van der Waals surface area contributed by atoms with Gasteiger partial charge in [-0.2, -0.15) is 9.97 Å². The Labute approximate surface area is 259 Å². The lowest BCUT2D eigenvalue weighted by atomic mass is 10.1. The zero-order valence-electron chi connectivity index (χ0n) is 26.8. The number of anilines is 4. The molecule has 4 heterocycles. The minimum absolute atomic E-state index is 0.224. The second-order valence-corrected chi connectivity index (χ2v) is 10.5. The van der Waals surface area contributed by atoms with Gasteiger partial charge < -0.3 is 48.7 Å². The van der Waals surface area contributed by atoms with Crippen LogP contribution in [0.2, 0.25) is 0 Å². The average molecular weight is 617 g/mol. The van der Waals surface area contributed by atoms with E-state index in [0.717, 1.165) is 43.9 Å². The lowest BCUT2D eigenvalue weighted by Gasteiger charge is -2.33. The van der Waals surface area contributed by atoms with Crippen LogP contribution in [0.3, 0.4) is 0 Å². The molecule has 3 aromatic rings. The van der Waals surface area contributed by atoms with Gasteiger partial charge in [-0.15, -0.1) is 0 Å². The zero-order chi connectivity index (χ0) is 31.1. The van der Waals surface area contributed by atoms with Gasteiger partial charge in [-0.3, -0.25) is 0 Å². The fourth-order valence-electron chi connectivity index (χ4n) is 5.07. The van der Waals surface area contributed by atoms with Gasteiger partial charge in [-0.05, 0) is 12.8 Å². The first-order valence-corrected chi connectivity index (χ1v) is 15.2. The summed E-state index contributed by atoms with van der Waals surface area (Å²) in [6, 6.07) is 0. The van der Waals surface area contributed by atoms with Gasteiger partial charge in [0.25, 0.3) is 0 Å². The zero-order valence-corrected chi connectivity index (χ0v) is 26.8. The van der Waals surface area contributed by atoms with Crippen molar-refractivity contribution in [3.8, 4) is 0 Å². The number of ether oxygens (including phenoxy) is 5. The number of piperidine rings is 1. The van der Waals surface area contributed by atoms with Crippen LogP contribution in [0.5, 0.6) is 0 Å². The van der Waals surface area contributed by atoms with Crippen molar-refractivity contribution in [2.24, 2.45) is 0 Å². The maximum absolute atomic E-state index is 5.66. The topological polar surface area (TPSA) is 148 Å². The molecular weight excluding hydrogens is 568 g/mol. The summed E-state index contributed by atoms with van der Waals surface area (Å²) < 4.78 is 27.3. The molecule has 0 unspecified atom stereocenters. The van der Waals surface area contributed by atoms with Crippen molar-refractivity contribution in [2.75, 3.05) is 128 Å². The van der Waals surface area contributed by atoms with Crippen molar-refractivity contribution in [3.05, 3.63) is 18.2 Å². The lowest BCUT2D eigenvalue weighted by molar-refractivity contribution is 0.0818. The van der Waals surface area contributed by atoms with Crippen LogP contribution in [0, 0.1) is 0 Å². The van der Waals surface area contributed by atoms with Gasteiger partial charge in [-0.1, -0.05) is 0 Å². The Kier molecular flexibility index (Phi) is 13.6. The number of nitrogens with one attached hydrogen (secondary N) is 2. The second kappa shape index (κ2) is 17.8. The largest absolute Gasteiger partial charge is 0.383 e. The van der Waals surface area contributed by atoms with Crippen molar-refractivity contribution < 1.29 is 23.7 Å². The molecule has 0 atom stereocenters. The van der Waals surface area contributed by atoms with Gasteiger partial charge in [0, 0.05) is 99.7 Å². The van der Waals surface area contributed by atoms with Crippen LogP contribution >= 0.6 is 0 Å². The van der Waals surface area contributed by atoms with Gasteiger partial charge in [0.15, 0.2) is 11.6 Å². The van der Waals surface area contributed by atoms with Crippen LogP contribution in [-0.2, 0) is 30.1 Å². The Hall–Kier alpha value is -3.37. The summed E-state index contributed by atoms with van der Waals surface area (Å²) >= 11 is 0. The Morgan fingerprint density at radius 2 is 1.36 bits per heavy atom. The van der Waals surface area contributed by atoms with E-state index in [-0.39, 0.29) is 6.10 Å². The normalized spacial score (nSPS) is 14.0. The molecule has 1 aliphatic rings. The Morgan fingerprint density at radius 3 is 1.89 bits per heavy atom. The summed E-state index contributed by atoms with van der Waals surface area (Å²) in [4.78, 5) is 34.2. The van der Waals surface area contributed by atoms with Gasteiger partial charge in [0.2, 0.25) is 11.9 Å². The van der Waals surface area contributed by atoms with Crippen molar-refractivity contribution in [3.63, 3.8) is 0 Å². The maximum atomic E-state index is 5.66. The van der Waals surface area contributed by atoms with E-state index in [0.29, 0.717) is 87.9 Å². The molecule has 4 rings (SSSR count). The minimum Gasteiger partial charge on any atom is -0.383 e. The van der Waals surface area contributed by atoms with Crippen molar-refractivity contribution >= 4 is 34.6 Å². The summed E-state index contributed by atoms with van der Waals surface area (Å²) in [5, 5.41) is 3.55. The Balaban J connectivity index is 1.84. The van der Waals surface area contributed by atoms with E-state index >= 15 is 0 Å². The number of aromatic nitrogens is 6. The van der Waals surface area contributed by atoms with Crippen LogP contribution in [0.1, 0.15) is 18.5 Å². The predicted octanol–water partition coefficient (Wildman–Crippen LogP) is 1.61. The molecule has 0 amide bonds. The van der Waals surface area contributed by atoms with Crippen LogP contribution in [-0.4, -0.2) is 144 Å². The van der Waals surface area contributed by atoms with Crippen LogP contribution in [0.15, 0.2) is 12.5 Å². The Morgan fingerprint density at radius 1 is 0.795 bits per heavy atom. The fraction of sp³-hybridized carbons (Fsp3) is 0.690. The van der Waals surface area contributed by atoms with E-state index in [1.807, 2.05) is 6.20 Å². The third-order valence-corrected chi connectivity index (χ3v) is 7.65. The highest BCUT2D eigenvalue weighted by molar-refractivity contribution is 5.95. The molecule has 0 saturated carbocycles. The molecule has 44 heavy (non-hydrogen) atoms. The molecule has 0 aliphatic carbocycles. The summed E-state index contributed by atoms with van der Waals surface area (Å²) in [6.07, 6.45) is 6.27. The third kappa shape index (κ3) is 9.08. The average Bonchev–Trinajstić information content (AvgIpc) is 3.58. The molecule has 0 aromatic carbocycles. The highest BCUT2D eigenvalue weighted by Crippen LogP contribution is 2.32. The molecule has 1 fully saturated rings. The van der Waals surface area contributed by atoms with Gasteiger partial charge in [0.1, 0.15) is 11.0 Å². The number of fused-ring (bicyclic) bond motifs is 1. The molecule has 3 aromatic heterocycles. The molecule has 244 valence electrons. The van der Waals surface area contributed by atoms with Crippen LogP contribution in [0.25, 0.3) is 11.0 Å². The second-order valence-electron chi connectivity index (χ2n) is 10.5. The first kappa shape index (κ1) is 33.5. The molecular formula is C29H48N10O5. The number of rotatable bonds is 20. The van der Waals surface area contributed by atoms with Crippen molar-refractivity contribution in [2.45, 2.75) is 25.4 Å². The number of hydrogen-bond acceptors (Lipinski definition) is 14. The third-order valence-electron chi connectivity index (χ3n) is 7.65. The van der Waals surface area contributed by atoms with E-state index in [4.69, 9.17) is 43.6 Å². The molecule has 15 nitrogen and oxygen atoms in total. The molecule has 2 N–H and O–H groups in total. The smallest absolute Gasteiger partial charge is 0.228 e. The van der Waals surface area contributed by atoms with E-state index in [9.17, 15) is 0 Å². The molecule has 0 bridgehead atoms. The minimum atomic E-state index is 0.224. The number of aromatic amines is 1. The predicted molar refractivity (Wildman–Crippen MR) is 170 cm³/mol. The van der Waals surface area contributed by atoms with Gasteiger partial charge in [-0.25, -0.2) is 15.0 Å². The number of methoxy groups -OCH3 is 5. The van der Waals surface area contributed by atoms with Gasteiger partial charge >= 0.3 is 0 Å². The quantitative estimate of drug-likeness (QED) is 0.189. The van der Waals surface area contributed by atoms with Crippen LogP contribution in [0.4, 0.5) is 23.5 Å². The van der Waals surface area contributed by atoms with Crippen molar-refractivity contribution in [1.82, 2.24) is 29.9 Å². The van der Waals surface area contributed by atoms with E-state index in [1.165, 1.54) is 0 Å². The molecule has 0 radical (unpaired) electrons. The summed E-state index contributed by atoms with van der Waals surface area (Å²) in [5.41, 5.74) is 2.38. The van der Waals surface area contributed by atoms with Crippen LogP contribution < -0.4 is 20.0 Å². The Bertz CT molecular complexity index is 1230. The number of hydrogen-bond donors (Lipinski definition) is 2. The SMILES string of the molecule is COCCN(CCOC)c1nc(N2CCC(OC)CC2)c2nc(N(CCOC)CCOC)nc(NCCc3cnc[nH]3)c2n1. The van der Waals surface area contributed by atoms with E-state index in [2.05, 4.69) is 30.0 Å². The molecule has 15 heteroatoms. The van der Waals surface area contributed by atoms with Crippen molar-refractivity contribution in [1.29, 1.82) is 0 Å². The lowest BCUT2D eigenvalue weighted by Crippen LogP contribution is -2.38. The maximum Gasteiger partial charge on any atom is 0.228 e. The molecule has 1 aliphatic heterocycles. The number of H-pyrrole nitrogens is 1. The standard InChI is InChI=1S/C29H48N10O5/c1-40-16-12-38(13-17-41-2)28-34-25-24(26(35-28)31-9-6-22-20-30-21-32-22)33-29(39(14-18-42-3)15-19-43-4)36-27(25)37-10-7-23(44-5)8-11-37/h20-21,23H,6-19H2,1-5H3,(H,30,32)(H,31,34,35). The first-order valence-electron chi connectivity index (χ1n) is 15.2. The first-order chi connectivity index (χ1) is 21.6. The highest BCUT2D eigenvalue weighted by atomic mass is 16.5. The number of nitrogens with zero attached hydrogens (tertiary/aromatic N) is 8. The molecule has 0 spiro atoms. The number of imidazole rings is 1. The summed E-state index contributed by atoms with van der Waals surface area (Å²) in [6.45, 7) is 6.73. The molecule has 1 saturated heterocycles. The summed E-state index contributed by atoms with van der Waals surface area (Å²) in [7, 11) is 8.54. The van der Waals surface area contributed by atoms with Gasteiger partial charge in [0.05, 0.1) is 38.9 Å². The van der Waals surface area contributed by atoms with E-state index < -0.39 is 0 Å². The van der Waals surface area contributed by atoms with E-state index in [1.54, 1.807) is 41.9 Å². The fourth-order valence-corrected chi connectivity index (χ4v) is 5.07. The summed E-state index contributed by atoms with van der Waals surface area (Å²) in [5.74, 6) is 2.56. The highest BCUT2D eigenvalue weighted by Gasteiger charge is 2.27. The monoisotopic (exact) mass is 616 g/mol.